The number of primary amides is 1. The van der Waals surface area contributed by atoms with Crippen LogP contribution >= 0.6 is 0 Å². The fourth-order valence-electron chi connectivity index (χ4n) is 2.90. The Morgan fingerprint density at radius 2 is 1.91 bits per heavy atom. The summed E-state index contributed by atoms with van der Waals surface area (Å²) in [6, 6.07) is 2.51. The zero-order valence-corrected chi connectivity index (χ0v) is 12.0. The third kappa shape index (κ3) is 2.99. The van der Waals surface area contributed by atoms with E-state index in [4.69, 9.17) is 5.73 Å². The average Bonchev–Trinajstić information content (AvgIpc) is 2.98. The normalized spacial score (nSPS) is 19.4. The zero-order chi connectivity index (χ0) is 16.4. The lowest BCUT2D eigenvalue weighted by Crippen LogP contribution is -2.27. The van der Waals surface area contributed by atoms with Crippen molar-refractivity contribution in [2.45, 2.75) is 31.9 Å². The second-order valence-corrected chi connectivity index (χ2v) is 5.35. The monoisotopic (exact) mass is 314 g/mol. The van der Waals surface area contributed by atoms with Gasteiger partial charge >= 0.3 is 0 Å². The standard InChI is InChI=1S/C15H17F3N2O2/c1-7-9(15(19)22)2-3-10(13(21)12(16)14(17)18)11(7)8-4-5-20-6-8/h2-3,8,12,14,20H,4-6H2,1H3,(H2,19,22). The van der Waals surface area contributed by atoms with Gasteiger partial charge in [-0.25, -0.2) is 13.2 Å². The Kier molecular flexibility index (Phi) is 4.85. The number of nitrogens with two attached hydrogens (primary N) is 1. The second-order valence-electron chi connectivity index (χ2n) is 5.35. The highest BCUT2D eigenvalue weighted by atomic mass is 19.3. The molecule has 1 saturated heterocycles. The van der Waals surface area contributed by atoms with Crippen molar-refractivity contribution in [1.29, 1.82) is 0 Å². The summed E-state index contributed by atoms with van der Waals surface area (Å²) < 4.78 is 38.5. The predicted molar refractivity (Wildman–Crippen MR) is 75.2 cm³/mol. The van der Waals surface area contributed by atoms with E-state index in [1.807, 2.05) is 0 Å². The molecule has 1 aliphatic heterocycles. The van der Waals surface area contributed by atoms with Crippen LogP contribution in [-0.4, -0.2) is 37.4 Å². The van der Waals surface area contributed by atoms with E-state index >= 15 is 0 Å². The number of amides is 1. The van der Waals surface area contributed by atoms with Gasteiger partial charge in [0.25, 0.3) is 6.43 Å². The van der Waals surface area contributed by atoms with Crippen LogP contribution in [0.25, 0.3) is 0 Å². The van der Waals surface area contributed by atoms with Crippen LogP contribution < -0.4 is 11.1 Å². The molecular weight excluding hydrogens is 297 g/mol. The highest BCUT2D eigenvalue weighted by molar-refractivity contribution is 6.03. The molecule has 120 valence electrons. The third-order valence-electron chi connectivity index (χ3n) is 3.99. The highest BCUT2D eigenvalue weighted by Crippen LogP contribution is 2.32. The Morgan fingerprint density at radius 3 is 2.41 bits per heavy atom. The summed E-state index contributed by atoms with van der Waals surface area (Å²) in [4.78, 5) is 23.4. The quantitative estimate of drug-likeness (QED) is 0.816. The molecule has 0 bridgehead atoms. The minimum atomic E-state index is -3.38. The fraction of sp³-hybridized carbons (Fsp3) is 0.467. The van der Waals surface area contributed by atoms with E-state index < -0.39 is 24.3 Å². The molecule has 1 heterocycles. The molecule has 2 atom stereocenters. The number of ketones is 1. The molecule has 1 aliphatic rings. The van der Waals surface area contributed by atoms with Crippen LogP contribution in [0.2, 0.25) is 0 Å². The van der Waals surface area contributed by atoms with Gasteiger partial charge in [0.1, 0.15) is 0 Å². The third-order valence-corrected chi connectivity index (χ3v) is 3.99. The van der Waals surface area contributed by atoms with Crippen LogP contribution in [0, 0.1) is 6.92 Å². The van der Waals surface area contributed by atoms with Gasteiger partial charge in [0.2, 0.25) is 17.9 Å². The molecule has 1 fully saturated rings. The second kappa shape index (κ2) is 6.48. The molecule has 0 aliphatic carbocycles. The number of halogens is 3. The topological polar surface area (TPSA) is 72.2 Å². The smallest absolute Gasteiger partial charge is 0.276 e. The summed E-state index contributed by atoms with van der Waals surface area (Å²) in [7, 11) is 0. The molecule has 7 heteroatoms. The van der Waals surface area contributed by atoms with Gasteiger partial charge < -0.3 is 11.1 Å². The molecule has 1 aromatic rings. The number of benzene rings is 1. The van der Waals surface area contributed by atoms with Crippen LogP contribution in [0.3, 0.4) is 0 Å². The number of carbonyl (C=O) groups is 2. The Labute approximate surface area is 125 Å². The van der Waals surface area contributed by atoms with Crippen LogP contribution in [0.1, 0.15) is 44.2 Å². The maximum Gasteiger partial charge on any atom is 0.276 e. The molecule has 2 unspecified atom stereocenters. The van der Waals surface area contributed by atoms with Gasteiger partial charge in [0, 0.05) is 17.7 Å². The minimum absolute atomic E-state index is 0.0935. The Morgan fingerprint density at radius 1 is 1.27 bits per heavy atom. The van der Waals surface area contributed by atoms with E-state index in [2.05, 4.69) is 5.32 Å². The van der Waals surface area contributed by atoms with E-state index in [0.717, 1.165) is 0 Å². The van der Waals surface area contributed by atoms with Crippen molar-refractivity contribution in [3.05, 3.63) is 34.4 Å². The molecule has 0 radical (unpaired) electrons. The van der Waals surface area contributed by atoms with Gasteiger partial charge in [-0.2, -0.15) is 0 Å². The molecule has 4 nitrogen and oxygen atoms in total. The number of nitrogens with one attached hydrogen (secondary N) is 1. The molecule has 0 saturated carbocycles. The van der Waals surface area contributed by atoms with Crippen LogP contribution in [0.4, 0.5) is 13.2 Å². The van der Waals surface area contributed by atoms with Crippen LogP contribution in [0.5, 0.6) is 0 Å². The largest absolute Gasteiger partial charge is 0.366 e. The summed E-state index contributed by atoms with van der Waals surface area (Å²) >= 11 is 0. The number of Topliss-reactive ketones (excluding diaryl/α,β-unsaturated/α-hetero) is 1. The highest BCUT2D eigenvalue weighted by Gasteiger charge is 2.33. The summed E-state index contributed by atoms with van der Waals surface area (Å²) in [5, 5.41) is 3.10. The molecular formula is C15H17F3N2O2. The first-order valence-electron chi connectivity index (χ1n) is 6.95. The van der Waals surface area contributed by atoms with Crippen LogP contribution in [0.15, 0.2) is 12.1 Å². The van der Waals surface area contributed by atoms with Gasteiger partial charge in [-0.3, -0.25) is 9.59 Å². The van der Waals surface area contributed by atoms with Crippen molar-refractivity contribution in [2.75, 3.05) is 13.1 Å². The molecule has 1 aromatic carbocycles. The number of rotatable bonds is 5. The minimum Gasteiger partial charge on any atom is -0.366 e. The SMILES string of the molecule is Cc1c(C(N)=O)ccc(C(=O)C(F)C(F)F)c1C1CCNC1. The van der Waals surface area contributed by atoms with E-state index in [1.165, 1.54) is 12.1 Å². The summed E-state index contributed by atoms with van der Waals surface area (Å²) in [6.45, 7) is 2.83. The lowest BCUT2D eigenvalue weighted by atomic mass is 9.84. The van der Waals surface area contributed by atoms with E-state index in [9.17, 15) is 22.8 Å². The number of hydrogen-bond donors (Lipinski definition) is 2. The first-order chi connectivity index (χ1) is 10.3. The van der Waals surface area contributed by atoms with Crippen molar-refractivity contribution >= 4 is 11.7 Å². The van der Waals surface area contributed by atoms with Crippen molar-refractivity contribution in [3.63, 3.8) is 0 Å². The summed E-state index contributed by atoms with van der Waals surface area (Å²) in [6.07, 6.45) is -5.57. The number of carbonyl (C=O) groups excluding carboxylic acids is 2. The van der Waals surface area contributed by atoms with Crippen molar-refractivity contribution in [1.82, 2.24) is 5.32 Å². The lowest BCUT2D eigenvalue weighted by molar-refractivity contribution is 0.0410. The van der Waals surface area contributed by atoms with Gasteiger partial charge in [0.05, 0.1) is 0 Å². The lowest BCUT2D eigenvalue weighted by Gasteiger charge is -2.20. The zero-order valence-electron chi connectivity index (χ0n) is 12.0. The van der Waals surface area contributed by atoms with Crippen molar-refractivity contribution in [2.24, 2.45) is 5.73 Å². The number of hydrogen-bond acceptors (Lipinski definition) is 3. The fourth-order valence-corrected chi connectivity index (χ4v) is 2.90. The van der Waals surface area contributed by atoms with Gasteiger partial charge in [-0.1, -0.05) is 6.07 Å². The Bertz CT molecular complexity index is 599. The molecule has 0 aromatic heterocycles. The average molecular weight is 314 g/mol. The van der Waals surface area contributed by atoms with E-state index in [1.54, 1.807) is 6.92 Å². The number of alkyl halides is 3. The molecule has 1 amide bonds. The molecule has 22 heavy (non-hydrogen) atoms. The van der Waals surface area contributed by atoms with Gasteiger partial charge in [-0.15, -0.1) is 0 Å². The maximum absolute atomic E-state index is 13.5. The van der Waals surface area contributed by atoms with E-state index in [0.29, 0.717) is 30.6 Å². The first-order valence-corrected chi connectivity index (χ1v) is 6.95. The van der Waals surface area contributed by atoms with Gasteiger partial charge in [-0.05, 0) is 43.0 Å². The predicted octanol–water partition coefficient (Wildman–Crippen LogP) is 1.96. The maximum atomic E-state index is 13.5. The summed E-state index contributed by atoms with van der Waals surface area (Å²) in [5.74, 6) is -2.06. The van der Waals surface area contributed by atoms with Crippen molar-refractivity contribution < 1.29 is 22.8 Å². The Balaban J connectivity index is 2.55. The summed E-state index contributed by atoms with van der Waals surface area (Å²) in [5.41, 5.74) is 6.29. The van der Waals surface area contributed by atoms with Gasteiger partial charge in [0.15, 0.2) is 0 Å². The molecule has 3 N–H and O–H groups in total. The van der Waals surface area contributed by atoms with Crippen LogP contribution in [-0.2, 0) is 0 Å². The van der Waals surface area contributed by atoms with Crippen molar-refractivity contribution in [3.8, 4) is 0 Å². The molecule has 0 spiro atoms. The first kappa shape index (κ1) is 16.5. The van der Waals surface area contributed by atoms with E-state index in [-0.39, 0.29) is 17.0 Å². The Hall–Kier alpha value is -1.89. The molecule has 2 rings (SSSR count).